The fraction of sp³-hybridized carbons (Fsp3) is 0.538. The van der Waals surface area contributed by atoms with E-state index in [1.165, 1.54) is 24.0 Å². The van der Waals surface area contributed by atoms with E-state index in [4.69, 9.17) is 4.74 Å². The number of hydrogen-bond donors (Lipinski definition) is 0. The summed E-state index contributed by atoms with van der Waals surface area (Å²) in [5, 5.41) is 0. The first-order chi connectivity index (χ1) is 6.85. The van der Waals surface area contributed by atoms with Crippen LogP contribution in [0.1, 0.15) is 43.7 Å². The van der Waals surface area contributed by atoms with Crippen LogP contribution < -0.4 is 4.74 Å². The van der Waals surface area contributed by atoms with Crippen molar-refractivity contribution in [3.63, 3.8) is 0 Å². The zero-order valence-electron chi connectivity index (χ0n) is 9.05. The van der Waals surface area contributed by atoms with Gasteiger partial charge in [0.15, 0.2) is 0 Å². The van der Waals surface area contributed by atoms with E-state index in [0.29, 0.717) is 5.92 Å². The molecule has 0 aromatic heterocycles. The summed E-state index contributed by atoms with van der Waals surface area (Å²) in [5.74, 6) is 1.82. The first-order valence-corrected chi connectivity index (χ1v) is 5.60. The molecule has 14 heavy (non-hydrogen) atoms. The zero-order chi connectivity index (χ0) is 9.97. The maximum atomic E-state index is 5.66. The van der Waals surface area contributed by atoms with Crippen molar-refractivity contribution in [2.45, 2.75) is 39.0 Å². The molecule has 1 aliphatic rings. The second-order valence-electron chi connectivity index (χ2n) is 3.97. The van der Waals surface area contributed by atoms with Gasteiger partial charge in [0.25, 0.3) is 0 Å². The van der Waals surface area contributed by atoms with Gasteiger partial charge >= 0.3 is 0 Å². The lowest BCUT2D eigenvalue weighted by atomic mass is 9.89. The van der Waals surface area contributed by atoms with E-state index in [-0.39, 0.29) is 0 Å². The number of rotatable bonds is 2. The van der Waals surface area contributed by atoms with Crippen LogP contribution in [0, 0.1) is 0 Å². The van der Waals surface area contributed by atoms with Crippen molar-refractivity contribution in [2.75, 3.05) is 6.61 Å². The summed E-state index contributed by atoms with van der Waals surface area (Å²) in [7, 11) is 0. The quantitative estimate of drug-likeness (QED) is 0.693. The van der Waals surface area contributed by atoms with E-state index >= 15 is 0 Å². The lowest BCUT2D eigenvalue weighted by molar-refractivity contribution is 0.265. The number of hydrogen-bond acceptors (Lipinski definition) is 1. The molecule has 0 N–H and O–H groups in total. The van der Waals surface area contributed by atoms with Crippen molar-refractivity contribution in [1.82, 2.24) is 0 Å². The Balaban J connectivity index is 2.38. The first kappa shape index (κ1) is 9.57. The predicted octanol–water partition coefficient (Wildman–Crippen LogP) is 3.53. The molecule has 0 saturated carbocycles. The van der Waals surface area contributed by atoms with Crippen LogP contribution in [-0.4, -0.2) is 6.61 Å². The minimum atomic E-state index is 0.713. The molecule has 1 aliphatic heterocycles. The van der Waals surface area contributed by atoms with E-state index in [9.17, 15) is 0 Å². The molecule has 2 rings (SSSR count). The normalized spacial score (nSPS) is 20.0. The topological polar surface area (TPSA) is 9.23 Å². The third-order valence-electron chi connectivity index (χ3n) is 3.14. The second-order valence-corrected chi connectivity index (χ2v) is 3.97. The number of fused-ring (bicyclic) bond motifs is 1. The van der Waals surface area contributed by atoms with Gasteiger partial charge in [-0.05, 0) is 42.4 Å². The van der Waals surface area contributed by atoms with Crippen LogP contribution in [0.15, 0.2) is 18.2 Å². The standard InChI is InChI=1S/C13H18O/c1-3-10-5-6-13-12(9-10)11(4-2)7-8-14-13/h5-6,9,11H,3-4,7-8H2,1-2H3. The summed E-state index contributed by atoms with van der Waals surface area (Å²) in [6, 6.07) is 6.63. The van der Waals surface area contributed by atoms with E-state index < -0.39 is 0 Å². The Bertz CT molecular complexity index is 317. The summed E-state index contributed by atoms with van der Waals surface area (Å²) in [5.41, 5.74) is 2.85. The zero-order valence-corrected chi connectivity index (χ0v) is 9.05. The molecule has 0 aliphatic carbocycles. The molecule has 76 valence electrons. The van der Waals surface area contributed by atoms with Crippen LogP contribution in [-0.2, 0) is 6.42 Å². The molecule has 0 saturated heterocycles. The number of benzene rings is 1. The maximum Gasteiger partial charge on any atom is 0.122 e. The van der Waals surface area contributed by atoms with Gasteiger partial charge in [0, 0.05) is 0 Å². The lowest BCUT2D eigenvalue weighted by Crippen LogP contribution is -2.13. The highest BCUT2D eigenvalue weighted by Crippen LogP contribution is 2.36. The summed E-state index contributed by atoms with van der Waals surface area (Å²) in [6.45, 7) is 5.35. The molecule has 1 atom stereocenters. The van der Waals surface area contributed by atoms with E-state index in [2.05, 4.69) is 32.0 Å². The van der Waals surface area contributed by atoms with Gasteiger partial charge in [-0.2, -0.15) is 0 Å². The number of aryl methyl sites for hydroxylation is 1. The molecule has 1 heteroatoms. The molecule has 1 aromatic rings. The highest BCUT2D eigenvalue weighted by atomic mass is 16.5. The number of ether oxygens (including phenoxy) is 1. The van der Waals surface area contributed by atoms with Crippen LogP contribution in [0.5, 0.6) is 5.75 Å². The molecule has 0 amide bonds. The van der Waals surface area contributed by atoms with E-state index in [1.54, 1.807) is 0 Å². The Labute approximate surface area is 86.1 Å². The predicted molar refractivity (Wildman–Crippen MR) is 59.0 cm³/mol. The van der Waals surface area contributed by atoms with Crippen LogP contribution >= 0.6 is 0 Å². The molecular formula is C13H18O. The molecule has 0 fully saturated rings. The lowest BCUT2D eigenvalue weighted by Gasteiger charge is -2.25. The van der Waals surface area contributed by atoms with Crippen molar-refractivity contribution in [3.8, 4) is 5.75 Å². The van der Waals surface area contributed by atoms with Crippen molar-refractivity contribution in [1.29, 1.82) is 0 Å². The highest BCUT2D eigenvalue weighted by Gasteiger charge is 2.19. The molecule has 0 bridgehead atoms. The molecule has 1 nitrogen and oxygen atoms in total. The van der Waals surface area contributed by atoms with Gasteiger partial charge in [0.2, 0.25) is 0 Å². The van der Waals surface area contributed by atoms with Crippen LogP contribution in [0.4, 0.5) is 0 Å². The first-order valence-electron chi connectivity index (χ1n) is 5.60. The van der Waals surface area contributed by atoms with Gasteiger partial charge in [-0.1, -0.05) is 26.0 Å². The van der Waals surface area contributed by atoms with E-state index in [1.807, 2.05) is 0 Å². The van der Waals surface area contributed by atoms with Crippen molar-refractivity contribution < 1.29 is 4.74 Å². The van der Waals surface area contributed by atoms with Gasteiger partial charge < -0.3 is 4.74 Å². The monoisotopic (exact) mass is 190 g/mol. The Hall–Kier alpha value is -0.980. The molecule has 1 unspecified atom stereocenters. The van der Waals surface area contributed by atoms with Crippen LogP contribution in [0.3, 0.4) is 0 Å². The summed E-state index contributed by atoms with van der Waals surface area (Å²) < 4.78 is 5.66. The maximum absolute atomic E-state index is 5.66. The minimum Gasteiger partial charge on any atom is -0.493 e. The molecule has 0 spiro atoms. The van der Waals surface area contributed by atoms with Crippen LogP contribution in [0.2, 0.25) is 0 Å². The molecule has 1 aromatic carbocycles. The highest BCUT2D eigenvalue weighted by molar-refractivity contribution is 5.41. The second kappa shape index (κ2) is 4.04. The fourth-order valence-corrected chi connectivity index (χ4v) is 2.16. The molecule has 0 radical (unpaired) electrons. The van der Waals surface area contributed by atoms with Gasteiger partial charge in [0.05, 0.1) is 6.61 Å². The average molecular weight is 190 g/mol. The Morgan fingerprint density at radius 1 is 1.36 bits per heavy atom. The average Bonchev–Trinajstić information content (AvgIpc) is 2.27. The van der Waals surface area contributed by atoms with Gasteiger partial charge in [0.1, 0.15) is 5.75 Å². The Morgan fingerprint density at radius 3 is 2.93 bits per heavy atom. The van der Waals surface area contributed by atoms with Crippen molar-refractivity contribution >= 4 is 0 Å². The third-order valence-corrected chi connectivity index (χ3v) is 3.14. The fourth-order valence-electron chi connectivity index (χ4n) is 2.16. The van der Waals surface area contributed by atoms with Crippen molar-refractivity contribution in [3.05, 3.63) is 29.3 Å². The van der Waals surface area contributed by atoms with Crippen molar-refractivity contribution in [2.24, 2.45) is 0 Å². The molecular weight excluding hydrogens is 172 g/mol. The van der Waals surface area contributed by atoms with Gasteiger partial charge in [-0.25, -0.2) is 0 Å². The smallest absolute Gasteiger partial charge is 0.122 e. The largest absolute Gasteiger partial charge is 0.493 e. The summed E-state index contributed by atoms with van der Waals surface area (Å²) >= 11 is 0. The Kier molecular flexibility index (Phi) is 2.76. The summed E-state index contributed by atoms with van der Waals surface area (Å²) in [4.78, 5) is 0. The van der Waals surface area contributed by atoms with Gasteiger partial charge in [-0.15, -0.1) is 0 Å². The van der Waals surface area contributed by atoms with Crippen LogP contribution in [0.25, 0.3) is 0 Å². The summed E-state index contributed by atoms with van der Waals surface area (Å²) in [6.07, 6.45) is 3.52. The minimum absolute atomic E-state index is 0.713. The van der Waals surface area contributed by atoms with E-state index in [0.717, 1.165) is 18.8 Å². The Morgan fingerprint density at radius 2 is 2.21 bits per heavy atom. The van der Waals surface area contributed by atoms with Gasteiger partial charge in [-0.3, -0.25) is 0 Å². The third kappa shape index (κ3) is 1.63. The SMILES string of the molecule is CCc1ccc2c(c1)C(CC)CCO2. The molecule has 1 heterocycles.